The molecule has 37 heavy (non-hydrogen) atoms. The fraction of sp³-hybridized carbons (Fsp3) is 0.333. The van der Waals surface area contributed by atoms with Crippen LogP contribution in [0.5, 0.6) is 5.88 Å². The number of allylic oxidation sites excluding steroid dienone is 1. The molecule has 0 spiro atoms. The molecule has 5 rings (SSSR count). The lowest BCUT2D eigenvalue weighted by atomic mass is 9.86. The Morgan fingerprint density at radius 2 is 1.95 bits per heavy atom. The van der Waals surface area contributed by atoms with Crippen molar-refractivity contribution in [1.82, 2.24) is 19.5 Å². The Bertz CT molecular complexity index is 1490. The van der Waals surface area contributed by atoms with Crippen molar-refractivity contribution in [2.45, 2.75) is 25.8 Å². The van der Waals surface area contributed by atoms with Crippen LogP contribution in [0.1, 0.15) is 36.9 Å². The summed E-state index contributed by atoms with van der Waals surface area (Å²) in [6.07, 6.45) is 4.71. The number of hydrazine groups is 1. The van der Waals surface area contributed by atoms with E-state index in [4.69, 9.17) is 26.0 Å². The summed E-state index contributed by atoms with van der Waals surface area (Å²) in [6, 6.07) is 6.79. The van der Waals surface area contributed by atoms with E-state index in [1.807, 2.05) is 16.7 Å². The lowest BCUT2D eigenvalue weighted by Gasteiger charge is -2.33. The van der Waals surface area contributed by atoms with Gasteiger partial charge in [0.05, 0.1) is 29.9 Å². The van der Waals surface area contributed by atoms with Crippen molar-refractivity contribution in [1.29, 1.82) is 0 Å². The predicted molar refractivity (Wildman–Crippen MR) is 138 cm³/mol. The number of methoxy groups -OCH3 is 1. The highest BCUT2D eigenvalue weighted by atomic mass is 19.1. The summed E-state index contributed by atoms with van der Waals surface area (Å²) in [4.78, 5) is 9.22. The Morgan fingerprint density at radius 3 is 2.62 bits per heavy atom. The Labute approximate surface area is 213 Å². The van der Waals surface area contributed by atoms with Gasteiger partial charge in [0.2, 0.25) is 5.88 Å². The molecular formula is C27H30F2N6O2. The Hall–Kier alpha value is -3.76. The minimum Gasteiger partial charge on any atom is -0.479 e. The highest BCUT2D eigenvalue weighted by molar-refractivity contribution is 6.08. The fourth-order valence-corrected chi connectivity index (χ4v) is 5.48. The number of aromatic nitrogens is 3. The number of hydrogen-bond donors (Lipinski definition) is 2. The van der Waals surface area contributed by atoms with E-state index in [2.05, 4.69) is 4.98 Å². The average molecular weight is 509 g/mol. The molecule has 10 heteroatoms. The zero-order valence-corrected chi connectivity index (χ0v) is 21.0. The first-order valence-corrected chi connectivity index (χ1v) is 12.1. The van der Waals surface area contributed by atoms with Gasteiger partial charge >= 0.3 is 0 Å². The molecule has 1 saturated heterocycles. The maximum Gasteiger partial charge on any atom is 0.238 e. The summed E-state index contributed by atoms with van der Waals surface area (Å²) in [5.74, 6) is 5.44. The first-order chi connectivity index (χ1) is 17.8. The molecule has 0 saturated carbocycles. The van der Waals surface area contributed by atoms with Crippen LogP contribution in [0.25, 0.3) is 27.6 Å². The molecule has 1 fully saturated rings. The number of pyridine rings is 2. The lowest BCUT2D eigenvalue weighted by Crippen LogP contribution is -2.28. The Morgan fingerprint density at radius 1 is 1.19 bits per heavy atom. The summed E-state index contributed by atoms with van der Waals surface area (Å²) in [5.41, 5.74) is 10.3. The van der Waals surface area contributed by atoms with E-state index in [-0.39, 0.29) is 11.5 Å². The van der Waals surface area contributed by atoms with Crippen molar-refractivity contribution >= 4 is 27.6 Å². The molecule has 1 aliphatic heterocycles. The van der Waals surface area contributed by atoms with E-state index in [0.717, 1.165) is 11.5 Å². The van der Waals surface area contributed by atoms with Gasteiger partial charge in [-0.3, -0.25) is 4.98 Å². The van der Waals surface area contributed by atoms with E-state index in [9.17, 15) is 4.39 Å². The van der Waals surface area contributed by atoms with Crippen molar-refractivity contribution in [3.8, 4) is 5.88 Å². The van der Waals surface area contributed by atoms with Crippen molar-refractivity contribution in [2.75, 3.05) is 27.4 Å². The molecule has 1 aromatic carbocycles. The molecule has 8 nitrogen and oxygen atoms in total. The largest absolute Gasteiger partial charge is 0.479 e. The van der Waals surface area contributed by atoms with Crippen molar-refractivity contribution < 1.29 is 18.3 Å². The van der Waals surface area contributed by atoms with Gasteiger partial charge in [-0.15, -0.1) is 0 Å². The third-order valence-electron chi connectivity index (χ3n) is 6.97. The first kappa shape index (κ1) is 24.9. The highest BCUT2D eigenvalue weighted by Crippen LogP contribution is 2.43. The molecule has 1 aliphatic rings. The molecule has 1 atom stereocenters. The maximum atomic E-state index is 15.4. The molecule has 0 bridgehead atoms. The lowest BCUT2D eigenvalue weighted by molar-refractivity contribution is 0.0547. The van der Waals surface area contributed by atoms with E-state index in [1.165, 1.54) is 24.3 Å². The monoisotopic (exact) mass is 508 g/mol. The molecular weight excluding hydrogens is 478 g/mol. The Kier molecular flexibility index (Phi) is 6.70. The van der Waals surface area contributed by atoms with Gasteiger partial charge in [-0.1, -0.05) is 0 Å². The average Bonchev–Trinajstić information content (AvgIpc) is 3.20. The molecule has 3 aromatic heterocycles. The topological polar surface area (TPSA) is 104 Å². The third-order valence-corrected chi connectivity index (χ3v) is 6.97. The zero-order chi connectivity index (χ0) is 26.3. The minimum atomic E-state index is -0.572. The zero-order valence-electron chi connectivity index (χ0n) is 21.0. The molecule has 4 heterocycles. The number of nitrogens with two attached hydrogens (primary N) is 2. The van der Waals surface area contributed by atoms with Crippen LogP contribution in [0.2, 0.25) is 0 Å². The second-order valence-electron chi connectivity index (χ2n) is 9.38. The van der Waals surface area contributed by atoms with E-state index < -0.39 is 17.7 Å². The van der Waals surface area contributed by atoms with Crippen LogP contribution in [0.4, 0.5) is 8.78 Å². The van der Waals surface area contributed by atoms with Crippen LogP contribution in [0, 0.1) is 17.6 Å². The quantitative estimate of drug-likeness (QED) is 0.295. The predicted octanol–water partition coefficient (Wildman–Crippen LogP) is 4.34. The minimum absolute atomic E-state index is 0.0409. The number of ether oxygens (including phenoxy) is 2. The standard InChI is InChI=1S/C27H30F2N6O2/c1-15(30)24(34(2)31)17-12-22-23(33-14-17)19-6-9-32-27(36-3)26(19)35(22)25(16-7-10-37-11-8-16)20-13-18(28)4-5-21(20)29/h4-6,9,12-14,16,25H,7-8,10-11,30-31H2,1-3H3/b24-15-. The molecule has 1 unspecified atom stereocenters. The van der Waals surface area contributed by atoms with Gasteiger partial charge in [0, 0.05) is 54.9 Å². The summed E-state index contributed by atoms with van der Waals surface area (Å²) >= 11 is 0. The van der Waals surface area contributed by atoms with E-state index in [0.29, 0.717) is 65.4 Å². The van der Waals surface area contributed by atoms with Crippen LogP contribution < -0.4 is 16.3 Å². The van der Waals surface area contributed by atoms with Crippen LogP contribution in [0.15, 0.2) is 48.4 Å². The summed E-state index contributed by atoms with van der Waals surface area (Å²) in [6.45, 7) is 2.83. The van der Waals surface area contributed by atoms with Crippen LogP contribution >= 0.6 is 0 Å². The second kappa shape index (κ2) is 9.95. The molecule has 4 aromatic rings. The number of benzene rings is 1. The van der Waals surface area contributed by atoms with Crippen LogP contribution in [-0.2, 0) is 4.74 Å². The maximum absolute atomic E-state index is 15.4. The van der Waals surface area contributed by atoms with Crippen molar-refractivity contribution in [2.24, 2.45) is 17.5 Å². The number of halogens is 2. The summed E-state index contributed by atoms with van der Waals surface area (Å²) < 4.78 is 43.3. The molecule has 0 amide bonds. The van der Waals surface area contributed by atoms with Crippen molar-refractivity contribution in [3.63, 3.8) is 0 Å². The summed E-state index contributed by atoms with van der Waals surface area (Å²) in [5, 5.41) is 2.23. The van der Waals surface area contributed by atoms with Crippen LogP contribution in [-0.4, -0.2) is 46.9 Å². The van der Waals surface area contributed by atoms with E-state index >= 15 is 4.39 Å². The van der Waals surface area contributed by atoms with Gasteiger partial charge in [-0.05, 0) is 56.0 Å². The van der Waals surface area contributed by atoms with Gasteiger partial charge in [0.25, 0.3) is 0 Å². The Balaban J connectivity index is 1.91. The van der Waals surface area contributed by atoms with Crippen molar-refractivity contribution in [3.05, 3.63) is 71.2 Å². The van der Waals surface area contributed by atoms with Crippen LogP contribution in [0.3, 0.4) is 0 Å². The number of fused-ring (bicyclic) bond motifs is 3. The number of rotatable bonds is 6. The van der Waals surface area contributed by atoms with Gasteiger partial charge in [-0.2, -0.15) is 0 Å². The number of nitrogens with zero attached hydrogens (tertiary/aromatic N) is 4. The highest BCUT2D eigenvalue weighted by Gasteiger charge is 2.33. The molecule has 0 radical (unpaired) electrons. The summed E-state index contributed by atoms with van der Waals surface area (Å²) in [7, 11) is 3.24. The SMILES string of the molecule is COc1nccc2c3ncc(/C(=C(\C)N)N(C)N)cc3n(C(c3cc(F)ccc3F)C3CCOCC3)c12. The van der Waals surface area contributed by atoms with Gasteiger partial charge < -0.3 is 24.8 Å². The van der Waals surface area contributed by atoms with Gasteiger partial charge in [0.15, 0.2) is 0 Å². The normalized spacial score (nSPS) is 16.2. The van der Waals surface area contributed by atoms with E-state index in [1.54, 1.807) is 26.4 Å². The molecule has 4 N–H and O–H groups in total. The molecule has 0 aliphatic carbocycles. The fourth-order valence-electron chi connectivity index (χ4n) is 5.48. The molecule has 194 valence electrons. The van der Waals surface area contributed by atoms with Gasteiger partial charge in [0.1, 0.15) is 17.2 Å². The number of hydrogen-bond acceptors (Lipinski definition) is 7. The smallest absolute Gasteiger partial charge is 0.238 e. The van der Waals surface area contributed by atoms with Gasteiger partial charge in [-0.25, -0.2) is 19.6 Å². The third kappa shape index (κ3) is 4.36. The first-order valence-electron chi connectivity index (χ1n) is 12.1. The second-order valence-corrected chi connectivity index (χ2v) is 9.38.